The maximum absolute atomic E-state index is 11.3. The van der Waals surface area contributed by atoms with Crippen LogP contribution in [-0.4, -0.2) is 24.1 Å². The number of rotatable bonds is 8. The van der Waals surface area contributed by atoms with Crippen molar-refractivity contribution in [2.45, 2.75) is 58.5 Å². The minimum atomic E-state index is -1.09. The summed E-state index contributed by atoms with van der Waals surface area (Å²) in [5.41, 5.74) is -1.09. The van der Waals surface area contributed by atoms with E-state index in [4.69, 9.17) is 14.7 Å². The number of carbonyl (C=O) groups is 2. The van der Waals surface area contributed by atoms with Crippen LogP contribution in [0.2, 0.25) is 0 Å². The molecule has 0 N–H and O–H groups in total. The van der Waals surface area contributed by atoms with Gasteiger partial charge >= 0.3 is 11.9 Å². The highest BCUT2D eigenvalue weighted by Gasteiger charge is 2.21. The lowest BCUT2D eigenvalue weighted by atomic mass is 10.1. The Hall–Kier alpha value is -1.57. The van der Waals surface area contributed by atoms with Gasteiger partial charge in [0.15, 0.2) is 5.60 Å². The first-order valence-electron chi connectivity index (χ1n) is 6.20. The number of hydrogen-bond donors (Lipinski definition) is 0. The third kappa shape index (κ3) is 8.57. The lowest BCUT2D eigenvalue weighted by Crippen LogP contribution is -2.25. The molecule has 0 rings (SSSR count). The fourth-order valence-electron chi connectivity index (χ4n) is 1.19. The van der Waals surface area contributed by atoms with Crippen LogP contribution in [0.1, 0.15) is 52.9 Å². The molecule has 0 unspecified atom stereocenters. The summed E-state index contributed by atoms with van der Waals surface area (Å²) < 4.78 is 9.84. The topological polar surface area (TPSA) is 76.4 Å². The van der Waals surface area contributed by atoms with Gasteiger partial charge in [-0.25, -0.2) is 0 Å². The second kappa shape index (κ2) is 8.51. The molecular weight excluding hydrogens is 234 g/mol. The molecule has 0 spiro atoms. The zero-order valence-electron chi connectivity index (χ0n) is 11.3. The summed E-state index contributed by atoms with van der Waals surface area (Å²) in [6.45, 7) is 5.44. The van der Waals surface area contributed by atoms with E-state index in [1.54, 1.807) is 0 Å². The molecule has 0 aromatic rings. The van der Waals surface area contributed by atoms with Gasteiger partial charge < -0.3 is 9.47 Å². The van der Waals surface area contributed by atoms with Crippen molar-refractivity contribution in [2.75, 3.05) is 6.61 Å². The van der Waals surface area contributed by atoms with Crippen molar-refractivity contribution in [3.8, 4) is 6.07 Å². The number of esters is 2. The van der Waals surface area contributed by atoms with Gasteiger partial charge in [-0.05, 0) is 33.1 Å². The Balaban J connectivity index is 3.64. The second-order valence-corrected chi connectivity index (χ2v) is 4.52. The van der Waals surface area contributed by atoms with E-state index in [1.807, 2.05) is 13.0 Å². The summed E-state index contributed by atoms with van der Waals surface area (Å²) in [6, 6.07) is 1.89. The van der Waals surface area contributed by atoms with E-state index in [0.29, 0.717) is 25.9 Å². The minimum Gasteiger partial charge on any atom is -0.466 e. The van der Waals surface area contributed by atoms with Gasteiger partial charge in [0, 0.05) is 12.8 Å². The summed E-state index contributed by atoms with van der Waals surface area (Å²) in [6.07, 6.45) is 2.48. The fourth-order valence-corrected chi connectivity index (χ4v) is 1.19. The summed E-state index contributed by atoms with van der Waals surface area (Å²) in [5, 5.41) is 8.68. The van der Waals surface area contributed by atoms with Crippen molar-refractivity contribution >= 4 is 11.9 Å². The molecule has 0 bridgehead atoms. The van der Waals surface area contributed by atoms with E-state index in [2.05, 4.69) is 0 Å². The predicted octanol–water partition coefficient (Wildman–Crippen LogP) is 2.35. The largest absolute Gasteiger partial charge is 0.466 e. The first-order valence-corrected chi connectivity index (χ1v) is 6.20. The highest BCUT2D eigenvalue weighted by Crippen LogP contribution is 2.10. The molecule has 0 radical (unpaired) electrons. The van der Waals surface area contributed by atoms with Gasteiger partial charge in [-0.15, -0.1) is 0 Å². The molecule has 18 heavy (non-hydrogen) atoms. The zero-order chi connectivity index (χ0) is 14.0. The third-order valence-electron chi connectivity index (χ3n) is 2.12. The van der Waals surface area contributed by atoms with E-state index in [1.165, 1.54) is 13.8 Å². The first-order chi connectivity index (χ1) is 8.41. The minimum absolute atomic E-state index is 0.214. The van der Waals surface area contributed by atoms with Crippen LogP contribution in [0, 0.1) is 11.3 Å². The maximum atomic E-state index is 11.3. The summed E-state index contributed by atoms with van der Waals surface area (Å²) in [4.78, 5) is 22.5. The number of nitrogens with zero attached hydrogens (tertiary/aromatic N) is 1. The van der Waals surface area contributed by atoms with Gasteiger partial charge in [0.1, 0.15) is 6.07 Å². The van der Waals surface area contributed by atoms with Gasteiger partial charge in [-0.3, -0.25) is 9.59 Å². The van der Waals surface area contributed by atoms with Crippen LogP contribution >= 0.6 is 0 Å². The van der Waals surface area contributed by atoms with E-state index < -0.39 is 11.6 Å². The van der Waals surface area contributed by atoms with Crippen LogP contribution in [0.15, 0.2) is 0 Å². The number of nitriles is 1. The van der Waals surface area contributed by atoms with Crippen molar-refractivity contribution < 1.29 is 19.1 Å². The van der Waals surface area contributed by atoms with Gasteiger partial charge in [0.05, 0.1) is 6.61 Å². The molecule has 0 aromatic carbocycles. The summed E-state index contributed by atoms with van der Waals surface area (Å²) in [5.74, 6) is -0.647. The normalized spacial score (nSPS) is 10.6. The molecule has 0 aliphatic rings. The molecule has 0 aromatic heterocycles. The van der Waals surface area contributed by atoms with E-state index >= 15 is 0 Å². The van der Waals surface area contributed by atoms with E-state index in [-0.39, 0.29) is 12.4 Å². The summed E-state index contributed by atoms with van der Waals surface area (Å²) >= 11 is 0. The molecule has 0 fully saturated rings. The molecule has 0 saturated carbocycles. The highest BCUT2D eigenvalue weighted by atomic mass is 16.6. The average Bonchev–Trinajstić information content (AvgIpc) is 2.31. The molecule has 0 saturated heterocycles. The quantitative estimate of drug-likeness (QED) is 0.491. The molecule has 0 heterocycles. The number of carbonyl (C=O) groups excluding carboxylic acids is 2. The van der Waals surface area contributed by atoms with Gasteiger partial charge in [0.2, 0.25) is 0 Å². The number of ether oxygens (including phenoxy) is 2. The van der Waals surface area contributed by atoms with Crippen LogP contribution in [0.3, 0.4) is 0 Å². The Morgan fingerprint density at radius 3 is 2.22 bits per heavy atom. The Morgan fingerprint density at radius 1 is 1.17 bits per heavy atom. The lowest BCUT2D eigenvalue weighted by molar-refractivity contribution is -0.152. The Morgan fingerprint density at radius 2 is 1.72 bits per heavy atom. The average molecular weight is 255 g/mol. The molecule has 5 heteroatoms. The number of unbranched alkanes of at least 4 members (excludes halogenated alkanes) is 1. The van der Waals surface area contributed by atoms with Gasteiger partial charge in [-0.1, -0.05) is 6.92 Å². The fraction of sp³-hybridized carbons (Fsp3) is 0.769. The second-order valence-electron chi connectivity index (χ2n) is 4.52. The smallest absolute Gasteiger partial charge is 0.307 e. The monoisotopic (exact) mass is 255 g/mol. The first kappa shape index (κ1) is 16.4. The molecule has 102 valence electrons. The standard InChI is InChI=1S/C13H21NO4/c1-4-9-17-11(15)7-5-6-8-12(16)18-13(2,3)10-14/h4-9H2,1-3H3. The van der Waals surface area contributed by atoms with E-state index in [0.717, 1.165) is 6.42 Å². The van der Waals surface area contributed by atoms with Crippen LogP contribution in [0.25, 0.3) is 0 Å². The molecule has 0 aliphatic carbocycles. The highest BCUT2D eigenvalue weighted by molar-refractivity contribution is 5.71. The molecular formula is C13H21NO4. The molecule has 0 aliphatic heterocycles. The lowest BCUT2D eigenvalue weighted by Gasteiger charge is -2.16. The van der Waals surface area contributed by atoms with Gasteiger partial charge in [-0.2, -0.15) is 5.26 Å². The Kier molecular flexibility index (Phi) is 7.77. The van der Waals surface area contributed by atoms with Crippen molar-refractivity contribution in [1.29, 1.82) is 5.26 Å². The Bertz CT molecular complexity index is 317. The summed E-state index contributed by atoms with van der Waals surface area (Å²) in [7, 11) is 0. The maximum Gasteiger partial charge on any atom is 0.307 e. The van der Waals surface area contributed by atoms with Crippen LogP contribution in [0.5, 0.6) is 0 Å². The third-order valence-corrected chi connectivity index (χ3v) is 2.12. The SMILES string of the molecule is CCCOC(=O)CCCCC(=O)OC(C)(C)C#N. The van der Waals surface area contributed by atoms with Crippen LogP contribution < -0.4 is 0 Å². The van der Waals surface area contributed by atoms with E-state index in [9.17, 15) is 9.59 Å². The molecule has 0 atom stereocenters. The predicted molar refractivity (Wildman–Crippen MR) is 65.5 cm³/mol. The van der Waals surface area contributed by atoms with Crippen molar-refractivity contribution in [3.05, 3.63) is 0 Å². The Labute approximate surface area is 108 Å². The molecule has 0 amide bonds. The van der Waals surface area contributed by atoms with Crippen LogP contribution in [-0.2, 0) is 19.1 Å². The van der Waals surface area contributed by atoms with Crippen molar-refractivity contribution in [2.24, 2.45) is 0 Å². The zero-order valence-corrected chi connectivity index (χ0v) is 11.3. The molecule has 5 nitrogen and oxygen atoms in total. The van der Waals surface area contributed by atoms with Crippen molar-refractivity contribution in [1.82, 2.24) is 0 Å². The number of hydrogen-bond acceptors (Lipinski definition) is 5. The van der Waals surface area contributed by atoms with Crippen molar-refractivity contribution in [3.63, 3.8) is 0 Å². The van der Waals surface area contributed by atoms with Crippen LogP contribution in [0.4, 0.5) is 0 Å². The van der Waals surface area contributed by atoms with Gasteiger partial charge in [0.25, 0.3) is 0 Å².